The van der Waals surface area contributed by atoms with E-state index in [0.29, 0.717) is 23.9 Å². The second kappa shape index (κ2) is 48.2. The zero-order valence-electron chi connectivity index (χ0n) is 43.4. The third-order valence-corrected chi connectivity index (χ3v) is 12.2. The van der Waals surface area contributed by atoms with Gasteiger partial charge in [0.25, 0.3) is 0 Å². The summed E-state index contributed by atoms with van der Waals surface area (Å²) in [5, 5.41) is 11.7. The highest BCUT2D eigenvalue weighted by Crippen LogP contribution is 2.16. The van der Waals surface area contributed by atoms with Gasteiger partial charge in [0.1, 0.15) is 13.2 Å². The number of allylic oxidation sites excluding steroid dienone is 4. The minimum Gasteiger partial charge on any atom is -0.545 e. The van der Waals surface area contributed by atoms with Crippen molar-refractivity contribution in [1.82, 2.24) is 0 Å². The Balaban J connectivity index is 4.28. The number of nitrogens with zero attached hydrogens (tertiary/aromatic N) is 1. The zero-order valence-corrected chi connectivity index (χ0v) is 43.4. The molecule has 9 heteroatoms. The molecule has 0 amide bonds. The van der Waals surface area contributed by atoms with Gasteiger partial charge < -0.3 is 33.3 Å². The van der Waals surface area contributed by atoms with E-state index in [0.717, 1.165) is 38.5 Å². The SMILES string of the molecule is CCCCCCCC/C=C\CCCCCCCCCCCC(=O)OCC(COC(OCC[N+](C)(C)C)C(=O)[O-])OC(=O)CCCCCCCCCCC/C=C\CCCCCCCCCC. The van der Waals surface area contributed by atoms with Gasteiger partial charge >= 0.3 is 11.9 Å². The molecule has 0 N–H and O–H groups in total. The number of aliphatic carboxylic acids is 1. The Morgan fingerprint density at radius 1 is 0.446 bits per heavy atom. The summed E-state index contributed by atoms with van der Waals surface area (Å²) in [6, 6.07) is 0. The van der Waals surface area contributed by atoms with E-state index in [1.807, 2.05) is 21.1 Å². The Hall–Kier alpha value is -2.23. The molecule has 0 bridgehead atoms. The van der Waals surface area contributed by atoms with Crippen molar-refractivity contribution in [3.63, 3.8) is 0 Å². The molecule has 0 spiro atoms. The summed E-state index contributed by atoms with van der Waals surface area (Å²) in [4.78, 5) is 37.2. The second-order valence-corrected chi connectivity index (χ2v) is 19.9. The van der Waals surface area contributed by atoms with Gasteiger partial charge in [0.15, 0.2) is 12.4 Å². The Kier molecular flexibility index (Phi) is 46.6. The number of esters is 2. The Labute approximate surface area is 401 Å². The molecule has 382 valence electrons. The monoisotopic (exact) mass is 920 g/mol. The van der Waals surface area contributed by atoms with Gasteiger partial charge in [-0.2, -0.15) is 0 Å². The van der Waals surface area contributed by atoms with Gasteiger partial charge in [0.2, 0.25) is 0 Å². The standard InChI is InChI=1S/C56H105NO8/c1-6-8-10-12-14-16-18-20-22-24-26-27-29-31-33-35-37-39-41-43-45-47-54(59)65-52(51-64-56(55(60)61)62-49-48-57(3,4)5)50-63-53(58)46-44-42-40-38-36-34-32-30-28-25-23-21-19-17-15-13-11-9-7-2/h21,23-24,26,52,56H,6-20,22,25,27-51H2,1-5H3/b23-21-,26-24-. The van der Waals surface area contributed by atoms with Crippen LogP contribution < -0.4 is 5.11 Å². The first-order valence-corrected chi connectivity index (χ1v) is 27.5. The minimum atomic E-state index is -1.62. The third kappa shape index (κ3) is 49.5. The highest BCUT2D eigenvalue weighted by molar-refractivity contribution is 5.70. The summed E-state index contributed by atoms with van der Waals surface area (Å²) in [6.07, 6.45) is 52.1. The van der Waals surface area contributed by atoms with Gasteiger partial charge in [-0.1, -0.05) is 205 Å². The number of unbranched alkanes of at least 4 members (excludes halogenated alkanes) is 32. The summed E-state index contributed by atoms with van der Waals surface area (Å²) in [5.74, 6) is -2.27. The van der Waals surface area contributed by atoms with Crippen LogP contribution in [0.2, 0.25) is 0 Å². The number of rotatable bonds is 51. The van der Waals surface area contributed by atoms with Crippen LogP contribution in [0.15, 0.2) is 24.3 Å². The number of hydrogen-bond donors (Lipinski definition) is 0. The molecule has 0 saturated heterocycles. The van der Waals surface area contributed by atoms with Crippen LogP contribution in [0.4, 0.5) is 0 Å². The summed E-state index contributed by atoms with van der Waals surface area (Å²) in [6.45, 7) is 4.77. The van der Waals surface area contributed by atoms with Gasteiger partial charge in [-0.25, -0.2) is 0 Å². The van der Waals surface area contributed by atoms with Crippen molar-refractivity contribution in [3.8, 4) is 0 Å². The normalized spacial score (nSPS) is 12.9. The van der Waals surface area contributed by atoms with E-state index in [9.17, 15) is 19.5 Å². The Bertz CT molecular complexity index is 1120. The molecule has 0 aromatic heterocycles. The molecule has 65 heavy (non-hydrogen) atoms. The van der Waals surface area contributed by atoms with E-state index in [2.05, 4.69) is 38.2 Å². The van der Waals surface area contributed by atoms with Crippen molar-refractivity contribution >= 4 is 17.9 Å². The largest absolute Gasteiger partial charge is 0.545 e. The summed E-state index contributed by atoms with van der Waals surface area (Å²) >= 11 is 0. The number of ether oxygens (including phenoxy) is 4. The van der Waals surface area contributed by atoms with Crippen LogP contribution in [-0.4, -0.2) is 82.3 Å². The molecule has 0 aliphatic rings. The molecule has 0 fully saturated rings. The molecule has 2 atom stereocenters. The van der Waals surface area contributed by atoms with Crippen molar-refractivity contribution < 1.29 is 42.9 Å². The van der Waals surface area contributed by atoms with Crippen molar-refractivity contribution in [2.24, 2.45) is 0 Å². The molecule has 2 unspecified atom stereocenters. The maximum atomic E-state index is 12.8. The Morgan fingerprint density at radius 2 is 0.785 bits per heavy atom. The second-order valence-electron chi connectivity index (χ2n) is 19.9. The Morgan fingerprint density at radius 3 is 1.14 bits per heavy atom. The zero-order chi connectivity index (χ0) is 47.7. The number of carbonyl (C=O) groups excluding carboxylic acids is 3. The molecule has 0 rings (SSSR count). The quantitative estimate of drug-likeness (QED) is 0.0195. The van der Waals surface area contributed by atoms with Crippen molar-refractivity contribution in [1.29, 1.82) is 0 Å². The number of carbonyl (C=O) groups is 3. The average Bonchev–Trinajstić information content (AvgIpc) is 3.27. The molecule has 0 aromatic rings. The molecule has 0 saturated carbocycles. The fraction of sp³-hybridized carbons (Fsp3) is 0.875. The van der Waals surface area contributed by atoms with Crippen molar-refractivity contribution in [2.45, 2.75) is 270 Å². The minimum absolute atomic E-state index is 0.149. The lowest BCUT2D eigenvalue weighted by molar-refractivity contribution is -0.870. The predicted octanol–water partition coefficient (Wildman–Crippen LogP) is 14.2. The van der Waals surface area contributed by atoms with Crippen LogP contribution >= 0.6 is 0 Å². The highest BCUT2D eigenvalue weighted by atomic mass is 16.7. The summed E-state index contributed by atoms with van der Waals surface area (Å²) < 4.78 is 22.7. The summed E-state index contributed by atoms with van der Waals surface area (Å²) in [7, 11) is 5.92. The number of hydrogen-bond acceptors (Lipinski definition) is 8. The van der Waals surface area contributed by atoms with E-state index >= 15 is 0 Å². The van der Waals surface area contributed by atoms with Crippen LogP contribution in [0.5, 0.6) is 0 Å². The molecule has 0 radical (unpaired) electrons. The van der Waals surface area contributed by atoms with E-state index in [-0.39, 0.29) is 32.2 Å². The topological polar surface area (TPSA) is 111 Å². The molecular weight excluding hydrogens is 815 g/mol. The van der Waals surface area contributed by atoms with Crippen molar-refractivity contribution in [2.75, 3.05) is 47.5 Å². The first kappa shape index (κ1) is 62.8. The van der Waals surface area contributed by atoms with E-state index in [4.69, 9.17) is 18.9 Å². The lowest BCUT2D eigenvalue weighted by Crippen LogP contribution is -2.44. The summed E-state index contributed by atoms with van der Waals surface area (Å²) in [5.41, 5.74) is 0. The third-order valence-electron chi connectivity index (χ3n) is 12.2. The number of likely N-dealkylation sites (N-methyl/N-ethyl adjacent to an activating group) is 1. The smallest absolute Gasteiger partial charge is 0.306 e. The van der Waals surface area contributed by atoms with Crippen molar-refractivity contribution in [3.05, 3.63) is 24.3 Å². The predicted molar refractivity (Wildman–Crippen MR) is 270 cm³/mol. The van der Waals surface area contributed by atoms with Crippen LogP contribution in [0.3, 0.4) is 0 Å². The fourth-order valence-corrected chi connectivity index (χ4v) is 7.88. The van der Waals surface area contributed by atoms with Gasteiger partial charge in [-0.3, -0.25) is 9.59 Å². The number of carboxylic acid groups (broad SMARTS) is 1. The first-order chi connectivity index (χ1) is 31.6. The first-order valence-electron chi connectivity index (χ1n) is 27.5. The van der Waals surface area contributed by atoms with E-state index < -0.39 is 24.3 Å². The maximum Gasteiger partial charge on any atom is 0.306 e. The van der Waals surface area contributed by atoms with Crippen LogP contribution in [0.25, 0.3) is 0 Å². The average molecular weight is 920 g/mol. The fourth-order valence-electron chi connectivity index (χ4n) is 7.88. The maximum absolute atomic E-state index is 12.8. The van der Waals surface area contributed by atoms with Gasteiger partial charge in [-0.05, 0) is 64.2 Å². The molecule has 0 aromatic carbocycles. The van der Waals surface area contributed by atoms with Gasteiger partial charge in [-0.15, -0.1) is 0 Å². The van der Waals surface area contributed by atoms with E-state index in [1.54, 1.807) is 0 Å². The van der Waals surface area contributed by atoms with E-state index in [1.165, 1.54) is 186 Å². The van der Waals surface area contributed by atoms with Crippen LogP contribution in [-0.2, 0) is 33.3 Å². The van der Waals surface area contributed by atoms with Gasteiger partial charge in [0, 0.05) is 12.8 Å². The molecule has 0 heterocycles. The van der Waals surface area contributed by atoms with Crippen LogP contribution in [0.1, 0.15) is 258 Å². The lowest BCUT2D eigenvalue weighted by Gasteiger charge is -2.26. The number of carboxylic acids is 1. The molecule has 0 aliphatic carbocycles. The molecular formula is C56H105NO8. The number of quaternary nitrogens is 1. The van der Waals surface area contributed by atoms with Gasteiger partial charge in [0.05, 0.1) is 40.3 Å². The molecule has 9 nitrogen and oxygen atoms in total. The van der Waals surface area contributed by atoms with Crippen LogP contribution in [0, 0.1) is 0 Å². The molecule has 0 aliphatic heterocycles. The lowest BCUT2D eigenvalue weighted by atomic mass is 10.1. The highest BCUT2D eigenvalue weighted by Gasteiger charge is 2.22.